The zero-order chi connectivity index (χ0) is 16.4. The molecule has 3 nitrogen and oxygen atoms in total. The molecule has 0 spiro atoms. The van der Waals surface area contributed by atoms with Gasteiger partial charge >= 0.3 is 0 Å². The molecule has 1 N–H and O–H groups in total. The molecule has 0 saturated carbocycles. The third-order valence-corrected chi connectivity index (χ3v) is 3.90. The number of amides is 1. The van der Waals surface area contributed by atoms with Crippen LogP contribution in [-0.4, -0.2) is 13.0 Å². The largest absolute Gasteiger partial charge is 0.496 e. The molecule has 23 heavy (non-hydrogen) atoms. The number of rotatable bonds is 3. The van der Waals surface area contributed by atoms with Gasteiger partial charge in [-0.25, -0.2) is 0 Å². The fourth-order valence-corrected chi connectivity index (χ4v) is 2.92. The third kappa shape index (κ3) is 3.01. The minimum absolute atomic E-state index is 0.106. The topological polar surface area (TPSA) is 38.3 Å². The smallest absolute Gasteiger partial charge is 0.221 e. The SMILES string of the molecule is COc1ccc(Cl)cc1-c1cccc2cccc(NC(C)=O)c12. The molecule has 0 saturated heterocycles. The normalized spacial score (nSPS) is 10.6. The van der Waals surface area contributed by atoms with Crippen LogP contribution in [0.3, 0.4) is 0 Å². The average Bonchev–Trinajstić information content (AvgIpc) is 2.54. The molecule has 3 aromatic carbocycles. The van der Waals surface area contributed by atoms with E-state index in [1.165, 1.54) is 6.92 Å². The Morgan fingerprint density at radius 3 is 2.48 bits per heavy atom. The van der Waals surface area contributed by atoms with Crippen LogP contribution in [0.2, 0.25) is 5.02 Å². The van der Waals surface area contributed by atoms with Crippen molar-refractivity contribution in [2.24, 2.45) is 0 Å². The molecule has 3 rings (SSSR count). The molecular weight excluding hydrogens is 310 g/mol. The lowest BCUT2D eigenvalue weighted by molar-refractivity contribution is -0.114. The van der Waals surface area contributed by atoms with Crippen molar-refractivity contribution in [3.63, 3.8) is 0 Å². The molecule has 0 heterocycles. The zero-order valence-corrected chi connectivity index (χ0v) is 13.6. The first-order chi connectivity index (χ1) is 11.1. The van der Waals surface area contributed by atoms with E-state index in [4.69, 9.17) is 16.3 Å². The van der Waals surface area contributed by atoms with Gasteiger partial charge in [0, 0.05) is 28.6 Å². The Kier molecular flexibility index (Phi) is 4.22. The number of halogens is 1. The highest BCUT2D eigenvalue weighted by atomic mass is 35.5. The molecule has 0 fully saturated rings. The summed E-state index contributed by atoms with van der Waals surface area (Å²) in [6.45, 7) is 1.50. The molecule has 0 aliphatic rings. The minimum Gasteiger partial charge on any atom is -0.496 e. The number of benzene rings is 3. The van der Waals surface area contributed by atoms with Crippen LogP contribution < -0.4 is 10.1 Å². The number of carbonyl (C=O) groups excluding carboxylic acids is 1. The molecule has 116 valence electrons. The molecule has 3 aromatic rings. The summed E-state index contributed by atoms with van der Waals surface area (Å²) >= 11 is 6.17. The summed E-state index contributed by atoms with van der Waals surface area (Å²) in [5.74, 6) is 0.630. The number of methoxy groups -OCH3 is 1. The van der Waals surface area contributed by atoms with Gasteiger partial charge in [0.05, 0.1) is 7.11 Å². The summed E-state index contributed by atoms with van der Waals surface area (Å²) in [5, 5.41) is 5.53. The van der Waals surface area contributed by atoms with Crippen LogP contribution in [0.1, 0.15) is 6.92 Å². The molecular formula is C19H16ClNO2. The van der Waals surface area contributed by atoms with Gasteiger partial charge in [0.15, 0.2) is 0 Å². The fourth-order valence-electron chi connectivity index (χ4n) is 2.75. The van der Waals surface area contributed by atoms with E-state index in [-0.39, 0.29) is 5.91 Å². The first-order valence-corrected chi connectivity index (χ1v) is 7.61. The number of nitrogens with one attached hydrogen (secondary N) is 1. The van der Waals surface area contributed by atoms with Gasteiger partial charge in [0.2, 0.25) is 5.91 Å². The first kappa shape index (κ1) is 15.4. The molecule has 0 aliphatic carbocycles. The van der Waals surface area contributed by atoms with Crippen LogP contribution in [0.25, 0.3) is 21.9 Å². The maximum Gasteiger partial charge on any atom is 0.221 e. The summed E-state index contributed by atoms with van der Waals surface area (Å²) < 4.78 is 5.48. The Balaban J connectivity index is 2.34. The number of fused-ring (bicyclic) bond motifs is 1. The number of ether oxygens (including phenoxy) is 1. The fraction of sp³-hybridized carbons (Fsp3) is 0.105. The summed E-state index contributed by atoms with van der Waals surface area (Å²) in [6.07, 6.45) is 0. The summed E-state index contributed by atoms with van der Waals surface area (Å²) in [5.41, 5.74) is 2.63. The van der Waals surface area contributed by atoms with Crippen molar-refractivity contribution in [2.45, 2.75) is 6.92 Å². The standard InChI is InChI=1S/C19H16ClNO2/c1-12(22)21-17-8-4-6-13-5-3-7-15(19(13)17)16-11-14(20)9-10-18(16)23-2/h3-11H,1-2H3,(H,21,22). The molecule has 0 aromatic heterocycles. The van der Waals surface area contributed by atoms with Crippen molar-refractivity contribution >= 4 is 34.0 Å². The monoisotopic (exact) mass is 325 g/mol. The van der Waals surface area contributed by atoms with Crippen LogP contribution in [0.5, 0.6) is 5.75 Å². The average molecular weight is 326 g/mol. The lowest BCUT2D eigenvalue weighted by Crippen LogP contribution is -2.06. The maximum atomic E-state index is 11.5. The van der Waals surface area contributed by atoms with E-state index in [1.54, 1.807) is 13.2 Å². The maximum absolute atomic E-state index is 11.5. The van der Waals surface area contributed by atoms with Crippen molar-refractivity contribution in [2.75, 3.05) is 12.4 Å². The van der Waals surface area contributed by atoms with Gasteiger partial charge in [-0.3, -0.25) is 4.79 Å². The summed E-state index contributed by atoms with van der Waals surface area (Å²) in [7, 11) is 1.63. The Morgan fingerprint density at radius 2 is 1.78 bits per heavy atom. The van der Waals surface area contributed by atoms with Gasteiger partial charge in [-0.05, 0) is 35.2 Å². The number of hydrogen-bond acceptors (Lipinski definition) is 2. The van der Waals surface area contributed by atoms with Crippen LogP contribution in [0.15, 0.2) is 54.6 Å². The van der Waals surface area contributed by atoms with E-state index in [9.17, 15) is 4.79 Å². The van der Waals surface area contributed by atoms with Crippen molar-refractivity contribution < 1.29 is 9.53 Å². The Hall–Kier alpha value is -2.52. The predicted molar refractivity (Wildman–Crippen MR) is 95.2 cm³/mol. The predicted octanol–water partition coefficient (Wildman–Crippen LogP) is 5.13. The van der Waals surface area contributed by atoms with Crippen molar-refractivity contribution in [3.8, 4) is 16.9 Å². The van der Waals surface area contributed by atoms with Gasteiger partial charge < -0.3 is 10.1 Å². The van der Waals surface area contributed by atoms with E-state index >= 15 is 0 Å². The van der Waals surface area contributed by atoms with Crippen LogP contribution in [-0.2, 0) is 4.79 Å². The van der Waals surface area contributed by atoms with Gasteiger partial charge in [0.25, 0.3) is 0 Å². The van der Waals surface area contributed by atoms with Crippen molar-refractivity contribution in [1.29, 1.82) is 0 Å². The highest BCUT2D eigenvalue weighted by Gasteiger charge is 2.13. The lowest BCUT2D eigenvalue weighted by Gasteiger charge is -2.15. The van der Waals surface area contributed by atoms with Crippen LogP contribution in [0.4, 0.5) is 5.69 Å². The molecule has 0 bridgehead atoms. The molecule has 4 heteroatoms. The minimum atomic E-state index is -0.106. The van der Waals surface area contributed by atoms with E-state index in [0.29, 0.717) is 5.02 Å². The summed E-state index contributed by atoms with van der Waals surface area (Å²) in [6, 6.07) is 17.3. The molecule has 1 amide bonds. The second-order valence-corrected chi connectivity index (χ2v) is 5.67. The van der Waals surface area contributed by atoms with Gasteiger partial charge in [0.1, 0.15) is 5.75 Å². The van der Waals surface area contributed by atoms with Crippen LogP contribution in [0, 0.1) is 0 Å². The Labute approximate surface area is 139 Å². The molecule has 0 unspecified atom stereocenters. The Morgan fingerprint density at radius 1 is 1.04 bits per heavy atom. The highest BCUT2D eigenvalue weighted by Crippen LogP contribution is 2.39. The van der Waals surface area contributed by atoms with Crippen LogP contribution >= 0.6 is 11.6 Å². The third-order valence-electron chi connectivity index (χ3n) is 3.67. The van der Waals surface area contributed by atoms with Crippen molar-refractivity contribution in [3.05, 3.63) is 59.6 Å². The zero-order valence-electron chi connectivity index (χ0n) is 12.9. The van der Waals surface area contributed by atoms with E-state index in [0.717, 1.165) is 33.3 Å². The summed E-state index contributed by atoms with van der Waals surface area (Å²) in [4.78, 5) is 11.5. The number of hydrogen-bond donors (Lipinski definition) is 1. The second-order valence-electron chi connectivity index (χ2n) is 5.24. The van der Waals surface area contributed by atoms with E-state index < -0.39 is 0 Å². The number of anilines is 1. The number of carbonyl (C=O) groups is 1. The molecule has 0 aliphatic heterocycles. The molecule has 0 radical (unpaired) electrons. The van der Waals surface area contributed by atoms with E-state index in [2.05, 4.69) is 5.32 Å². The first-order valence-electron chi connectivity index (χ1n) is 7.23. The van der Waals surface area contributed by atoms with Crippen molar-refractivity contribution in [1.82, 2.24) is 0 Å². The van der Waals surface area contributed by atoms with E-state index in [1.807, 2.05) is 48.5 Å². The quantitative estimate of drug-likeness (QED) is 0.725. The molecule has 0 atom stereocenters. The Bertz CT molecular complexity index is 884. The lowest BCUT2D eigenvalue weighted by atomic mass is 9.96. The van der Waals surface area contributed by atoms with Gasteiger partial charge in [-0.2, -0.15) is 0 Å². The van der Waals surface area contributed by atoms with Gasteiger partial charge in [-0.15, -0.1) is 0 Å². The second kappa shape index (κ2) is 6.31. The highest BCUT2D eigenvalue weighted by molar-refractivity contribution is 6.31. The van der Waals surface area contributed by atoms with Gasteiger partial charge in [-0.1, -0.05) is 41.9 Å².